The van der Waals surface area contributed by atoms with E-state index >= 15 is 0 Å². The van der Waals surface area contributed by atoms with Gasteiger partial charge in [0, 0.05) is 7.11 Å². The van der Waals surface area contributed by atoms with Gasteiger partial charge in [-0.15, -0.1) is 0 Å². The van der Waals surface area contributed by atoms with Crippen molar-refractivity contribution in [3.05, 3.63) is 0 Å². The molecule has 0 aromatic carbocycles. The molecular weight excluding hydrogens is 164 g/mol. The lowest BCUT2D eigenvalue weighted by molar-refractivity contribution is -0.202. The van der Waals surface area contributed by atoms with E-state index in [0.29, 0.717) is 0 Å². The number of methoxy groups -OCH3 is 1. The van der Waals surface area contributed by atoms with Gasteiger partial charge in [0.05, 0.1) is 13.2 Å². The summed E-state index contributed by atoms with van der Waals surface area (Å²) in [4.78, 5) is 0. The zero-order chi connectivity index (χ0) is 9.14. The molecule has 1 rings (SSSR count). The van der Waals surface area contributed by atoms with E-state index in [1.54, 1.807) is 0 Å². The predicted octanol–water partition coefficient (Wildman–Crippen LogP) is -1.89. The third-order valence-corrected chi connectivity index (χ3v) is 2.07. The predicted molar refractivity (Wildman–Crippen MR) is 39.6 cm³/mol. The van der Waals surface area contributed by atoms with Gasteiger partial charge in [0.25, 0.3) is 0 Å². The van der Waals surface area contributed by atoms with Gasteiger partial charge < -0.3 is 24.8 Å². The monoisotopic (exact) mass is 178 g/mol. The SMILES string of the molecule is COC1COC(CO)[C@H](O)C1O. The third-order valence-electron chi connectivity index (χ3n) is 2.07. The van der Waals surface area contributed by atoms with Crippen molar-refractivity contribution in [1.82, 2.24) is 0 Å². The maximum absolute atomic E-state index is 9.37. The topological polar surface area (TPSA) is 79.2 Å². The Bertz CT molecular complexity index is 124. The Morgan fingerprint density at radius 2 is 2.08 bits per heavy atom. The van der Waals surface area contributed by atoms with E-state index in [1.807, 2.05) is 0 Å². The van der Waals surface area contributed by atoms with Crippen molar-refractivity contribution in [2.24, 2.45) is 0 Å². The van der Waals surface area contributed by atoms with Crippen LogP contribution in [-0.4, -0.2) is 60.1 Å². The molecule has 1 aliphatic heterocycles. The molecular formula is C7H14O5. The zero-order valence-corrected chi connectivity index (χ0v) is 6.88. The molecule has 4 atom stereocenters. The Hall–Kier alpha value is -0.200. The minimum atomic E-state index is -1.08. The Labute approximate surface area is 70.5 Å². The summed E-state index contributed by atoms with van der Waals surface area (Å²) in [6, 6.07) is 0. The van der Waals surface area contributed by atoms with Crippen molar-refractivity contribution in [2.45, 2.75) is 24.4 Å². The number of hydrogen-bond acceptors (Lipinski definition) is 5. The highest BCUT2D eigenvalue weighted by molar-refractivity contribution is 4.86. The highest BCUT2D eigenvalue weighted by atomic mass is 16.6. The largest absolute Gasteiger partial charge is 0.394 e. The van der Waals surface area contributed by atoms with Crippen LogP contribution in [0.1, 0.15) is 0 Å². The molecule has 3 N–H and O–H groups in total. The van der Waals surface area contributed by atoms with E-state index in [2.05, 4.69) is 0 Å². The van der Waals surface area contributed by atoms with Crippen LogP contribution in [0.15, 0.2) is 0 Å². The third kappa shape index (κ3) is 1.75. The highest BCUT2D eigenvalue weighted by Gasteiger charge is 2.37. The summed E-state index contributed by atoms with van der Waals surface area (Å²) < 4.78 is 9.88. The lowest BCUT2D eigenvalue weighted by Crippen LogP contribution is -2.54. The number of rotatable bonds is 2. The standard InChI is InChI=1S/C7H14O5/c1-11-5-3-12-4(2-8)6(9)7(5)10/h4-10H,2-3H2,1H3/t4?,5?,6-,7?/m0/s1. The summed E-state index contributed by atoms with van der Waals surface area (Å²) in [7, 11) is 1.43. The first kappa shape index (κ1) is 9.88. The lowest BCUT2D eigenvalue weighted by atomic mass is 10.0. The Morgan fingerprint density at radius 3 is 2.58 bits per heavy atom. The minimum absolute atomic E-state index is 0.194. The molecule has 0 amide bonds. The Morgan fingerprint density at radius 1 is 1.42 bits per heavy atom. The quantitative estimate of drug-likeness (QED) is 0.461. The summed E-state index contributed by atoms with van der Waals surface area (Å²) in [5.41, 5.74) is 0. The molecule has 0 aromatic rings. The first-order chi connectivity index (χ1) is 5.70. The van der Waals surface area contributed by atoms with Crippen molar-refractivity contribution in [2.75, 3.05) is 20.3 Å². The van der Waals surface area contributed by atoms with Crippen LogP contribution in [-0.2, 0) is 9.47 Å². The second-order valence-electron chi connectivity index (χ2n) is 2.81. The molecule has 5 heteroatoms. The van der Waals surface area contributed by atoms with Gasteiger partial charge in [-0.25, -0.2) is 0 Å². The average Bonchev–Trinajstić information content (AvgIpc) is 2.10. The van der Waals surface area contributed by atoms with Crippen LogP contribution in [0.5, 0.6) is 0 Å². The Balaban J connectivity index is 2.52. The second kappa shape index (κ2) is 4.15. The first-order valence-corrected chi connectivity index (χ1v) is 3.82. The number of ether oxygens (including phenoxy) is 2. The summed E-state index contributed by atoms with van der Waals surface area (Å²) in [5, 5.41) is 27.4. The van der Waals surface area contributed by atoms with Crippen molar-refractivity contribution in [1.29, 1.82) is 0 Å². The smallest absolute Gasteiger partial charge is 0.111 e. The van der Waals surface area contributed by atoms with Crippen LogP contribution in [0.25, 0.3) is 0 Å². The number of aliphatic hydroxyl groups excluding tert-OH is 3. The van der Waals surface area contributed by atoms with E-state index in [1.165, 1.54) is 7.11 Å². The van der Waals surface area contributed by atoms with E-state index in [-0.39, 0.29) is 13.2 Å². The number of hydrogen-bond donors (Lipinski definition) is 3. The second-order valence-corrected chi connectivity index (χ2v) is 2.81. The van der Waals surface area contributed by atoms with E-state index in [0.717, 1.165) is 0 Å². The maximum atomic E-state index is 9.37. The molecule has 1 aliphatic rings. The van der Waals surface area contributed by atoms with E-state index in [9.17, 15) is 10.2 Å². The molecule has 0 aromatic heterocycles. The van der Waals surface area contributed by atoms with Crippen molar-refractivity contribution >= 4 is 0 Å². The van der Waals surface area contributed by atoms with Crippen LogP contribution in [0.2, 0.25) is 0 Å². The molecule has 12 heavy (non-hydrogen) atoms. The molecule has 1 saturated heterocycles. The molecule has 0 spiro atoms. The van der Waals surface area contributed by atoms with Crippen molar-refractivity contribution in [3.8, 4) is 0 Å². The summed E-state index contributed by atoms with van der Waals surface area (Å²) >= 11 is 0. The summed E-state index contributed by atoms with van der Waals surface area (Å²) in [6.45, 7) is -0.103. The van der Waals surface area contributed by atoms with Crippen molar-refractivity contribution in [3.63, 3.8) is 0 Å². The zero-order valence-electron chi connectivity index (χ0n) is 6.88. The van der Waals surface area contributed by atoms with Crippen LogP contribution >= 0.6 is 0 Å². The molecule has 1 heterocycles. The lowest BCUT2D eigenvalue weighted by Gasteiger charge is -2.35. The van der Waals surface area contributed by atoms with Crippen LogP contribution in [0.4, 0.5) is 0 Å². The van der Waals surface area contributed by atoms with E-state index < -0.39 is 24.4 Å². The fourth-order valence-electron chi connectivity index (χ4n) is 1.22. The van der Waals surface area contributed by atoms with Gasteiger partial charge in [-0.3, -0.25) is 0 Å². The van der Waals surface area contributed by atoms with Gasteiger partial charge >= 0.3 is 0 Å². The fourth-order valence-corrected chi connectivity index (χ4v) is 1.22. The molecule has 0 bridgehead atoms. The van der Waals surface area contributed by atoms with Crippen LogP contribution < -0.4 is 0 Å². The Kier molecular flexibility index (Phi) is 3.42. The van der Waals surface area contributed by atoms with Crippen LogP contribution in [0.3, 0.4) is 0 Å². The molecule has 5 nitrogen and oxygen atoms in total. The van der Waals surface area contributed by atoms with Gasteiger partial charge in [-0.1, -0.05) is 0 Å². The molecule has 0 saturated carbocycles. The normalized spacial score (nSPS) is 43.0. The molecule has 72 valence electrons. The van der Waals surface area contributed by atoms with Gasteiger partial charge in [0.15, 0.2) is 0 Å². The number of aliphatic hydroxyl groups is 3. The fraction of sp³-hybridized carbons (Fsp3) is 1.00. The first-order valence-electron chi connectivity index (χ1n) is 3.82. The van der Waals surface area contributed by atoms with Gasteiger partial charge in [0.1, 0.15) is 24.4 Å². The van der Waals surface area contributed by atoms with Crippen molar-refractivity contribution < 1.29 is 24.8 Å². The van der Waals surface area contributed by atoms with Gasteiger partial charge in [-0.2, -0.15) is 0 Å². The van der Waals surface area contributed by atoms with E-state index in [4.69, 9.17) is 14.6 Å². The van der Waals surface area contributed by atoms with Gasteiger partial charge in [-0.05, 0) is 0 Å². The minimum Gasteiger partial charge on any atom is -0.394 e. The summed E-state index contributed by atoms with van der Waals surface area (Å²) in [5.74, 6) is 0. The highest BCUT2D eigenvalue weighted by Crippen LogP contribution is 2.16. The molecule has 0 radical (unpaired) electrons. The molecule has 3 unspecified atom stereocenters. The maximum Gasteiger partial charge on any atom is 0.111 e. The van der Waals surface area contributed by atoms with Crippen LogP contribution in [0, 0.1) is 0 Å². The summed E-state index contributed by atoms with van der Waals surface area (Å²) in [6.07, 6.45) is -3.27. The molecule has 0 aliphatic carbocycles. The average molecular weight is 178 g/mol. The van der Waals surface area contributed by atoms with Gasteiger partial charge in [0.2, 0.25) is 0 Å². The molecule has 1 fully saturated rings.